The number of aryl methyl sites for hydroxylation is 2. The topological polar surface area (TPSA) is 49.3 Å². The molecule has 0 heterocycles. The summed E-state index contributed by atoms with van der Waals surface area (Å²) in [5.74, 6) is -0.0753. The van der Waals surface area contributed by atoms with Crippen LogP contribution in [0.3, 0.4) is 0 Å². The van der Waals surface area contributed by atoms with Gasteiger partial charge in [0.05, 0.1) is 0 Å². The lowest BCUT2D eigenvalue weighted by Gasteiger charge is -2.11. The Morgan fingerprint density at radius 1 is 1.11 bits per heavy atom. The highest BCUT2D eigenvalue weighted by molar-refractivity contribution is 6.06. The average molecular weight is 255 g/mol. The number of carbonyl (C=O) groups is 1. The molecule has 0 spiro atoms. The summed E-state index contributed by atoms with van der Waals surface area (Å²) in [6.45, 7) is 5.70. The minimum absolute atomic E-state index is 0.133. The van der Waals surface area contributed by atoms with Crippen molar-refractivity contribution < 1.29 is 9.90 Å². The Morgan fingerprint density at radius 2 is 1.84 bits per heavy atom. The van der Waals surface area contributed by atoms with Gasteiger partial charge in [-0.05, 0) is 44.5 Å². The predicted octanol–water partition coefficient (Wildman–Crippen LogP) is 3.57. The highest BCUT2D eigenvalue weighted by Gasteiger charge is 2.12. The molecule has 2 N–H and O–H groups in total. The van der Waals surface area contributed by atoms with Crippen LogP contribution in [0, 0.1) is 20.8 Å². The third-order valence-electron chi connectivity index (χ3n) is 3.18. The first-order chi connectivity index (χ1) is 8.99. The predicted molar refractivity (Wildman–Crippen MR) is 76.7 cm³/mol. The van der Waals surface area contributed by atoms with Gasteiger partial charge in [0.2, 0.25) is 0 Å². The number of hydrogen-bond donors (Lipinski definition) is 2. The minimum atomic E-state index is -0.208. The number of hydrogen-bond acceptors (Lipinski definition) is 2. The summed E-state index contributed by atoms with van der Waals surface area (Å²) in [5, 5.41) is 12.5. The van der Waals surface area contributed by atoms with Gasteiger partial charge in [-0.3, -0.25) is 4.79 Å². The van der Waals surface area contributed by atoms with E-state index in [4.69, 9.17) is 0 Å². The van der Waals surface area contributed by atoms with Crippen molar-refractivity contribution in [3.63, 3.8) is 0 Å². The third-order valence-corrected chi connectivity index (χ3v) is 3.18. The fourth-order valence-corrected chi connectivity index (χ4v) is 2.01. The van der Waals surface area contributed by atoms with Crippen LogP contribution in [-0.2, 0) is 0 Å². The molecule has 0 atom stereocenters. The van der Waals surface area contributed by atoms with Crippen LogP contribution >= 0.6 is 0 Å². The fraction of sp³-hybridized carbons (Fsp3) is 0.188. The number of phenols is 1. The van der Waals surface area contributed by atoms with Gasteiger partial charge >= 0.3 is 0 Å². The molecule has 1 amide bonds. The lowest BCUT2D eigenvalue weighted by Crippen LogP contribution is -2.14. The summed E-state index contributed by atoms with van der Waals surface area (Å²) in [6.07, 6.45) is 0. The molecule has 0 unspecified atom stereocenters. The Bertz CT molecular complexity index is 633. The SMILES string of the molecule is Cc1ccc(NC(=O)c2cccc(O)c2C)c(C)c1. The van der Waals surface area contributed by atoms with Crippen molar-refractivity contribution in [1.82, 2.24) is 0 Å². The largest absolute Gasteiger partial charge is 0.508 e. The third kappa shape index (κ3) is 2.76. The Hall–Kier alpha value is -2.29. The lowest BCUT2D eigenvalue weighted by atomic mass is 10.1. The van der Waals surface area contributed by atoms with Crippen LogP contribution < -0.4 is 5.32 Å². The summed E-state index contributed by atoms with van der Waals surface area (Å²) in [4.78, 5) is 12.2. The van der Waals surface area contributed by atoms with E-state index in [0.29, 0.717) is 11.1 Å². The molecule has 0 aliphatic carbocycles. The van der Waals surface area contributed by atoms with Crippen LogP contribution in [0.5, 0.6) is 5.75 Å². The van der Waals surface area contributed by atoms with Gasteiger partial charge < -0.3 is 10.4 Å². The van der Waals surface area contributed by atoms with E-state index in [9.17, 15) is 9.90 Å². The summed E-state index contributed by atoms with van der Waals surface area (Å²) in [6, 6.07) is 10.8. The average Bonchev–Trinajstić information content (AvgIpc) is 2.36. The molecule has 3 heteroatoms. The first-order valence-corrected chi connectivity index (χ1v) is 6.16. The second-order valence-electron chi connectivity index (χ2n) is 4.72. The zero-order chi connectivity index (χ0) is 14.0. The smallest absolute Gasteiger partial charge is 0.256 e. The molecule has 0 aliphatic heterocycles. The number of carbonyl (C=O) groups excluding carboxylic acids is 1. The van der Waals surface area contributed by atoms with Crippen LogP contribution in [0.2, 0.25) is 0 Å². The summed E-state index contributed by atoms with van der Waals surface area (Å²) in [5.41, 5.74) is 4.04. The van der Waals surface area contributed by atoms with Gasteiger partial charge in [-0.15, -0.1) is 0 Å². The van der Waals surface area contributed by atoms with E-state index in [0.717, 1.165) is 16.8 Å². The Labute approximate surface area is 112 Å². The van der Waals surface area contributed by atoms with Gasteiger partial charge in [0, 0.05) is 16.8 Å². The zero-order valence-electron chi connectivity index (χ0n) is 11.3. The van der Waals surface area contributed by atoms with Gasteiger partial charge in [-0.2, -0.15) is 0 Å². The van der Waals surface area contributed by atoms with Gasteiger partial charge in [0.15, 0.2) is 0 Å². The van der Waals surface area contributed by atoms with E-state index in [1.165, 1.54) is 0 Å². The molecule has 0 saturated heterocycles. The molecule has 0 fully saturated rings. The van der Waals surface area contributed by atoms with Crippen molar-refractivity contribution >= 4 is 11.6 Å². The number of aromatic hydroxyl groups is 1. The molecule has 0 aliphatic rings. The molecular formula is C16H17NO2. The van der Waals surface area contributed by atoms with Crippen LogP contribution in [0.25, 0.3) is 0 Å². The number of phenolic OH excluding ortho intramolecular Hbond substituents is 1. The molecule has 3 nitrogen and oxygen atoms in total. The van der Waals surface area contributed by atoms with Crippen molar-refractivity contribution in [2.75, 3.05) is 5.32 Å². The molecule has 2 aromatic carbocycles. The van der Waals surface area contributed by atoms with Crippen LogP contribution in [0.4, 0.5) is 5.69 Å². The van der Waals surface area contributed by atoms with Gasteiger partial charge in [0.25, 0.3) is 5.91 Å². The molecule has 0 bridgehead atoms. The Morgan fingerprint density at radius 3 is 2.53 bits per heavy atom. The molecule has 0 radical (unpaired) electrons. The molecule has 98 valence electrons. The van der Waals surface area contributed by atoms with Crippen LogP contribution in [-0.4, -0.2) is 11.0 Å². The second kappa shape index (κ2) is 5.14. The van der Waals surface area contributed by atoms with Gasteiger partial charge in [0.1, 0.15) is 5.75 Å². The van der Waals surface area contributed by atoms with E-state index in [1.54, 1.807) is 25.1 Å². The zero-order valence-corrected chi connectivity index (χ0v) is 11.3. The van der Waals surface area contributed by atoms with Crippen molar-refractivity contribution in [3.05, 3.63) is 58.7 Å². The number of rotatable bonds is 2. The van der Waals surface area contributed by atoms with E-state index < -0.39 is 0 Å². The Kier molecular flexibility index (Phi) is 3.56. The summed E-state index contributed by atoms with van der Waals surface area (Å²) < 4.78 is 0. The maximum absolute atomic E-state index is 12.2. The van der Waals surface area contributed by atoms with Gasteiger partial charge in [-0.1, -0.05) is 23.8 Å². The van der Waals surface area contributed by atoms with Gasteiger partial charge in [-0.25, -0.2) is 0 Å². The Balaban J connectivity index is 2.28. The molecule has 19 heavy (non-hydrogen) atoms. The number of anilines is 1. The van der Waals surface area contributed by atoms with E-state index in [-0.39, 0.29) is 11.7 Å². The minimum Gasteiger partial charge on any atom is -0.508 e. The number of nitrogens with one attached hydrogen (secondary N) is 1. The second-order valence-corrected chi connectivity index (χ2v) is 4.72. The van der Waals surface area contributed by atoms with E-state index in [1.807, 2.05) is 32.0 Å². The van der Waals surface area contributed by atoms with Crippen molar-refractivity contribution in [2.45, 2.75) is 20.8 Å². The first kappa shape index (κ1) is 13.1. The summed E-state index contributed by atoms with van der Waals surface area (Å²) in [7, 11) is 0. The quantitative estimate of drug-likeness (QED) is 0.861. The first-order valence-electron chi connectivity index (χ1n) is 6.16. The van der Waals surface area contributed by atoms with Crippen molar-refractivity contribution in [3.8, 4) is 5.75 Å². The number of benzene rings is 2. The molecule has 0 saturated carbocycles. The normalized spacial score (nSPS) is 10.3. The maximum Gasteiger partial charge on any atom is 0.256 e. The van der Waals surface area contributed by atoms with Crippen LogP contribution in [0.15, 0.2) is 36.4 Å². The highest BCUT2D eigenvalue weighted by Crippen LogP contribution is 2.22. The fourth-order valence-electron chi connectivity index (χ4n) is 2.01. The molecule has 2 rings (SSSR count). The van der Waals surface area contributed by atoms with E-state index >= 15 is 0 Å². The number of amides is 1. The molecule has 2 aromatic rings. The maximum atomic E-state index is 12.2. The standard InChI is InChI=1S/C16H17NO2/c1-10-7-8-14(11(2)9-10)17-16(19)13-5-4-6-15(18)12(13)3/h4-9,18H,1-3H3,(H,17,19). The van der Waals surface area contributed by atoms with Crippen molar-refractivity contribution in [1.29, 1.82) is 0 Å². The monoisotopic (exact) mass is 255 g/mol. The summed E-state index contributed by atoms with van der Waals surface area (Å²) >= 11 is 0. The lowest BCUT2D eigenvalue weighted by molar-refractivity contribution is 0.102. The highest BCUT2D eigenvalue weighted by atomic mass is 16.3. The molecular weight excluding hydrogens is 238 g/mol. The van der Waals surface area contributed by atoms with E-state index in [2.05, 4.69) is 5.32 Å². The molecule has 0 aromatic heterocycles. The van der Waals surface area contributed by atoms with Crippen molar-refractivity contribution in [2.24, 2.45) is 0 Å². The van der Waals surface area contributed by atoms with Crippen LogP contribution in [0.1, 0.15) is 27.0 Å².